The molecule has 1 aliphatic heterocycles. The Bertz CT molecular complexity index is 610. The average molecular weight is 229 g/mol. The molecule has 3 N–H and O–H groups in total. The van der Waals surface area contributed by atoms with Crippen LogP contribution in [0.2, 0.25) is 0 Å². The second-order valence-electron chi connectivity index (χ2n) is 3.80. The monoisotopic (exact) mass is 229 g/mol. The first-order chi connectivity index (χ1) is 8.24. The zero-order valence-corrected chi connectivity index (χ0v) is 9.06. The lowest BCUT2D eigenvalue weighted by molar-refractivity contribution is 0.172. The molecule has 0 bridgehead atoms. The second-order valence-corrected chi connectivity index (χ2v) is 3.80. The molecular formula is C12H11N3O2. The molecule has 1 aliphatic rings. The van der Waals surface area contributed by atoms with Crippen molar-refractivity contribution in [2.45, 2.75) is 0 Å². The number of rotatable bonds is 1. The lowest BCUT2D eigenvalue weighted by Gasteiger charge is -2.18. The summed E-state index contributed by atoms with van der Waals surface area (Å²) >= 11 is 0. The molecule has 0 amide bonds. The molecule has 0 radical (unpaired) electrons. The Morgan fingerprint density at radius 1 is 1.18 bits per heavy atom. The summed E-state index contributed by atoms with van der Waals surface area (Å²) in [5, 5.41) is 8.30. The van der Waals surface area contributed by atoms with Crippen molar-refractivity contribution in [1.82, 2.24) is 4.98 Å². The molecule has 2 heterocycles. The van der Waals surface area contributed by atoms with Gasteiger partial charge in [-0.2, -0.15) is 0 Å². The molecule has 5 heteroatoms. The third-order valence-electron chi connectivity index (χ3n) is 2.63. The van der Waals surface area contributed by atoms with Crippen molar-refractivity contribution in [3.8, 4) is 11.5 Å². The van der Waals surface area contributed by atoms with Gasteiger partial charge in [0.15, 0.2) is 11.5 Å². The van der Waals surface area contributed by atoms with Gasteiger partial charge >= 0.3 is 0 Å². The van der Waals surface area contributed by atoms with E-state index < -0.39 is 0 Å². The molecule has 0 fully saturated rings. The third-order valence-corrected chi connectivity index (χ3v) is 2.63. The molecule has 0 atom stereocenters. The maximum atomic E-state index is 7.36. The van der Waals surface area contributed by atoms with Crippen LogP contribution in [0, 0.1) is 5.41 Å². The first-order valence-corrected chi connectivity index (χ1v) is 5.29. The summed E-state index contributed by atoms with van der Waals surface area (Å²) in [5.74, 6) is 1.39. The highest BCUT2D eigenvalue weighted by Crippen LogP contribution is 2.33. The Morgan fingerprint density at radius 2 is 1.88 bits per heavy atom. The standard InChI is InChI=1S/C12H11N3O2/c13-12(14)8-2-1-7-5-10-11(6-9(7)15-8)17-4-3-16-10/h1-2,5-6H,3-4H2,(H3,13,14). The number of ether oxygens (including phenoxy) is 2. The number of fused-ring (bicyclic) bond motifs is 2. The number of hydrogen-bond donors (Lipinski definition) is 2. The number of hydrogen-bond acceptors (Lipinski definition) is 4. The summed E-state index contributed by atoms with van der Waals surface area (Å²) in [6, 6.07) is 7.30. The summed E-state index contributed by atoms with van der Waals surface area (Å²) in [7, 11) is 0. The number of nitrogens with zero attached hydrogens (tertiary/aromatic N) is 1. The minimum absolute atomic E-state index is 0.0400. The first kappa shape index (κ1) is 9.89. The Hall–Kier alpha value is -2.30. The van der Waals surface area contributed by atoms with E-state index in [1.54, 1.807) is 6.07 Å². The predicted octanol–water partition coefficient (Wildman–Crippen LogP) is 1.29. The van der Waals surface area contributed by atoms with E-state index in [1.165, 1.54) is 0 Å². The highest BCUT2D eigenvalue weighted by Gasteiger charge is 2.13. The molecule has 0 saturated carbocycles. The van der Waals surface area contributed by atoms with E-state index in [1.807, 2.05) is 18.2 Å². The minimum Gasteiger partial charge on any atom is -0.486 e. The van der Waals surface area contributed by atoms with E-state index >= 15 is 0 Å². The van der Waals surface area contributed by atoms with E-state index in [4.69, 9.17) is 20.6 Å². The van der Waals surface area contributed by atoms with Crippen LogP contribution in [0.15, 0.2) is 24.3 Å². The third kappa shape index (κ3) is 1.65. The van der Waals surface area contributed by atoms with Crippen molar-refractivity contribution in [3.63, 3.8) is 0 Å². The number of pyridine rings is 1. The highest BCUT2D eigenvalue weighted by atomic mass is 16.6. The van der Waals surface area contributed by atoms with Gasteiger partial charge in [-0.05, 0) is 12.1 Å². The van der Waals surface area contributed by atoms with E-state index in [-0.39, 0.29) is 5.84 Å². The zero-order valence-electron chi connectivity index (χ0n) is 9.06. The van der Waals surface area contributed by atoms with Crippen LogP contribution < -0.4 is 15.2 Å². The van der Waals surface area contributed by atoms with Gasteiger partial charge in [-0.15, -0.1) is 0 Å². The summed E-state index contributed by atoms with van der Waals surface area (Å²) in [6.07, 6.45) is 0. The molecule has 5 nitrogen and oxygen atoms in total. The van der Waals surface area contributed by atoms with Crippen LogP contribution in [-0.4, -0.2) is 24.0 Å². The molecule has 1 aromatic carbocycles. The van der Waals surface area contributed by atoms with Crippen LogP contribution in [0.5, 0.6) is 11.5 Å². The van der Waals surface area contributed by atoms with Crippen LogP contribution in [0.25, 0.3) is 10.9 Å². The van der Waals surface area contributed by atoms with E-state index in [0.717, 1.165) is 16.7 Å². The number of nitrogens with one attached hydrogen (secondary N) is 1. The first-order valence-electron chi connectivity index (χ1n) is 5.29. The maximum absolute atomic E-state index is 7.36. The lowest BCUT2D eigenvalue weighted by atomic mass is 10.1. The molecule has 0 saturated heterocycles. The second kappa shape index (κ2) is 3.62. The van der Waals surface area contributed by atoms with Gasteiger partial charge in [-0.3, -0.25) is 5.41 Å². The van der Waals surface area contributed by atoms with Crippen LogP contribution in [-0.2, 0) is 0 Å². The van der Waals surface area contributed by atoms with Gasteiger partial charge in [-0.1, -0.05) is 6.07 Å². The number of benzene rings is 1. The van der Waals surface area contributed by atoms with Crippen LogP contribution >= 0.6 is 0 Å². The van der Waals surface area contributed by atoms with E-state index in [9.17, 15) is 0 Å². The van der Waals surface area contributed by atoms with Gasteiger partial charge in [-0.25, -0.2) is 4.98 Å². The molecule has 0 unspecified atom stereocenters. The lowest BCUT2D eigenvalue weighted by Crippen LogP contribution is -2.15. The van der Waals surface area contributed by atoms with Crippen molar-refractivity contribution in [1.29, 1.82) is 5.41 Å². The van der Waals surface area contributed by atoms with Gasteiger partial charge in [0.05, 0.1) is 5.52 Å². The molecule has 17 heavy (non-hydrogen) atoms. The van der Waals surface area contributed by atoms with Crippen LogP contribution in [0.3, 0.4) is 0 Å². The molecule has 2 aromatic rings. The number of nitrogens with two attached hydrogens (primary N) is 1. The predicted molar refractivity (Wildman–Crippen MR) is 63.7 cm³/mol. The number of amidine groups is 1. The van der Waals surface area contributed by atoms with Crippen LogP contribution in [0.4, 0.5) is 0 Å². The van der Waals surface area contributed by atoms with Crippen LogP contribution in [0.1, 0.15) is 5.69 Å². The van der Waals surface area contributed by atoms with Gasteiger partial charge < -0.3 is 15.2 Å². The molecule has 86 valence electrons. The Labute approximate surface area is 97.7 Å². The Kier molecular flexibility index (Phi) is 2.11. The molecule has 0 aliphatic carbocycles. The van der Waals surface area contributed by atoms with Crippen molar-refractivity contribution < 1.29 is 9.47 Å². The molecule has 3 rings (SSSR count). The quantitative estimate of drug-likeness (QED) is 0.570. The summed E-state index contributed by atoms with van der Waals surface area (Å²) < 4.78 is 11.0. The maximum Gasteiger partial charge on any atom is 0.163 e. The van der Waals surface area contributed by atoms with E-state index in [0.29, 0.717) is 24.7 Å². The fourth-order valence-electron chi connectivity index (χ4n) is 1.81. The summed E-state index contributed by atoms with van der Waals surface area (Å²) in [5.41, 5.74) is 6.63. The summed E-state index contributed by atoms with van der Waals surface area (Å²) in [6.45, 7) is 1.11. The average Bonchev–Trinajstić information content (AvgIpc) is 2.35. The highest BCUT2D eigenvalue weighted by molar-refractivity contribution is 5.95. The molecule has 1 aromatic heterocycles. The van der Waals surface area contributed by atoms with Crippen molar-refractivity contribution in [3.05, 3.63) is 30.0 Å². The van der Waals surface area contributed by atoms with Crippen molar-refractivity contribution in [2.24, 2.45) is 5.73 Å². The fourth-order valence-corrected chi connectivity index (χ4v) is 1.81. The van der Waals surface area contributed by atoms with Crippen molar-refractivity contribution >= 4 is 16.7 Å². The van der Waals surface area contributed by atoms with Gasteiger partial charge in [0.2, 0.25) is 0 Å². The van der Waals surface area contributed by atoms with Gasteiger partial charge in [0, 0.05) is 11.5 Å². The smallest absolute Gasteiger partial charge is 0.163 e. The molecular weight excluding hydrogens is 218 g/mol. The Morgan fingerprint density at radius 3 is 2.59 bits per heavy atom. The van der Waals surface area contributed by atoms with Gasteiger partial charge in [0.1, 0.15) is 24.7 Å². The Balaban J connectivity index is 2.20. The molecule has 0 spiro atoms. The number of nitrogen functional groups attached to an aromatic ring is 1. The zero-order chi connectivity index (χ0) is 11.8. The van der Waals surface area contributed by atoms with Gasteiger partial charge in [0.25, 0.3) is 0 Å². The topological polar surface area (TPSA) is 81.2 Å². The van der Waals surface area contributed by atoms with Crippen molar-refractivity contribution in [2.75, 3.05) is 13.2 Å². The minimum atomic E-state index is -0.0400. The normalized spacial score (nSPS) is 13.6. The SMILES string of the molecule is N=C(N)c1ccc2cc3c(cc2n1)OCCO3. The van der Waals surface area contributed by atoms with E-state index in [2.05, 4.69) is 4.98 Å². The number of aromatic nitrogens is 1. The largest absolute Gasteiger partial charge is 0.486 e. The fraction of sp³-hybridized carbons (Fsp3) is 0.167. The summed E-state index contributed by atoms with van der Waals surface area (Å²) in [4.78, 5) is 4.30.